The molecular formula is C23H29ClN2O2. The molecule has 1 N–H and O–H groups in total. The summed E-state index contributed by atoms with van der Waals surface area (Å²) >= 11 is 5.94. The first-order valence-corrected chi connectivity index (χ1v) is 10.3. The number of carbonyl (C=O) groups is 2. The summed E-state index contributed by atoms with van der Waals surface area (Å²) in [4.78, 5) is 27.5. The number of hydrogen-bond acceptors (Lipinski definition) is 2. The number of amides is 2. The van der Waals surface area contributed by atoms with E-state index in [-0.39, 0.29) is 18.2 Å². The Kier molecular flexibility index (Phi) is 9.02. The lowest BCUT2D eigenvalue weighted by molar-refractivity contribution is -0.140. The number of nitrogens with zero attached hydrogens (tertiary/aromatic N) is 1. The molecule has 2 aromatic rings. The van der Waals surface area contributed by atoms with E-state index in [4.69, 9.17) is 11.6 Å². The summed E-state index contributed by atoms with van der Waals surface area (Å²) < 4.78 is 0. The lowest BCUT2D eigenvalue weighted by atomic mass is 10.1. The zero-order valence-corrected chi connectivity index (χ0v) is 17.4. The zero-order chi connectivity index (χ0) is 20.4. The van der Waals surface area contributed by atoms with E-state index >= 15 is 0 Å². The summed E-state index contributed by atoms with van der Waals surface area (Å²) in [6.07, 6.45) is 2.41. The Hall–Kier alpha value is -2.33. The van der Waals surface area contributed by atoms with Gasteiger partial charge in [-0.2, -0.15) is 0 Å². The van der Waals surface area contributed by atoms with E-state index in [0.717, 1.165) is 17.5 Å². The quantitative estimate of drug-likeness (QED) is 0.647. The van der Waals surface area contributed by atoms with Crippen molar-refractivity contribution in [1.29, 1.82) is 0 Å². The fourth-order valence-electron chi connectivity index (χ4n) is 3.14. The number of rotatable bonds is 10. The second kappa shape index (κ2) is 11.5. The summed E-state index contributed by atoms with van der Waals surface area (Å²) in [6, 6.07) is 16.8. The van der Waals surface area contributed by atoms with Gasteiger partial charge < -0.3 is 10.2 Å². The Bertz CT molecular complexity index is 747. The molecule has 0 aromatic heterocycles. The minimum Gasteiger partial charge on any atom is -0.354 e. The average Bonchev–Trinajstić information content (AvgIpc) is 2.71. The van der Waals surface area contributed by atoms with Gasteiger partial charge in [-0.1, -0.05) is 67.9 Å². The molecule has 0 saturated heterocycles. The van der Waals surface area contributed by atoms with E-state index in [1.807, 2.05) is 56.3 Å². The van der Waals surface area contributed by atoms with Crippen molar-refractivity contribution in [2.45, 2.75) is 45.6 Å². The average molecular weight is 401 g/mol. The van der Waals surface area contributed by atoms with Crippen molar-refractivity contribution in [2.75, 3.05) is 13.1 Å². The van der Waals surface area contributed by atoms with Crippen LogP contribution in [0.1, 0.15) is 37.8 Å². The standard InChI is InChI=1S/C23H29ClN2O2/c1-3-15-25-23(28)21(4-2)26(16-14-18-8-6-5-7-9-18)22(27)17-19-10-12-20(24)13-11-19/h5-13,21H,3-4,14-17H2,1-2H3,(H,25,28). The van der Waals surface area contributed by atoms with Crippen LogP contribution in [0.4, 0.5) is 0 Å². The molecule has 5 heteroatoms. The fraction of sp³-hybridized carbons (Fsp3) is 0.391. The molecule has 0 aliphatic rings. The van der Waals surface area contributed by atoms with Crippen molar-refractivity contribution in [3.63, 3.8) is 0 Å². The summed E-state index contributed by atoms with van der Waals surface area (Å²) in [6.45, 7) is 5.09. The third kappa shape index (κ3) is 6.68. The van der Waals surface area contributed by atoms with E-state index in [9.17, 15) is 9.59 Å². The van der Waals surface area contributed by atoms with Crippen molar-refractivity contribution in [3.05, 3.63) is 70.7 Å². The minimum absolute atomic E-state index is 0.0447. The van der Waals surface area contributed by atoms with Gasteiger partial charge in [-0.3, -0.25) is 9.59 Å². The highest BCUT2D eigenvalue weighted by molar-refractivity contribution is 6.30. The van der Waals surface area contributed by atoms with Crippen molar-refractivity contribution in [3.8, 4) is 0 Å². The maximum Gasteiger partial charge on any atom is 0.242 e. The summed E-state index contributed by atoms with van der Waals surface area (Å²) in [7, 11) is 0. The van der Waals surface area contributed by atoms with Crippen LogP contribution in [0.2, 0.25) is 5.02 Å². The molecule has 2 aromatic carbocycles. The van der Waals surface area contributed by atoms with Crippen molar-refractivity contribution in [2.24, 2.45) is 0 Å². The molecule has 0 heterocycles. The Morgan fingerprint density at radius 2 is 1.68 bits per heavy atom. The molecule has 0 spiro atoms. The molecule has 28 heavy (non-hydrogen) atoms. The van der Waals surface area contributed by atoms with Crippen LogP contribution in [-0.2, 0) is 22.4 Å². The molecule has 0 radical (unpaired) electrons. The molecule has 0 aliphatic heterocycles. The van der Waals surface area contributed by atoms with E-state index in [2.05, 4.69) is 5.32 Å². The highest BCUT2D eigenvalue weighted by Crippen LogP contribution is 2.14. The zero-order valence-electron chi connectivity index (χ0n) is 16.7. The molecule has 150 valence electrons. The van der Waals surface area contributed by atoms with Crippen LogP contribution in [0.25, 0.3) is 0 Å². The Labute approximate surface area is 172 Å². The Morgan fingerprint density at radius 3 is 2.29 bits per heavy atom. The molecule has 2 rings (SSSR count). The normalized spacial score (nSPS) is 11.7. The fourth-order valence-corrected chi connectivity index (χ4v) is 3.27. The van der Waals surface area contributed by atoms with Crippen molar-refractivity contribution >= 4 is 23.4 Å². The first-order valence-electron chi connectivity index (χ1n) is 9.90. The molecule has 4 nitrogen and oxygen atoms in total. The predicted octanol–water partition coefficient (Wildman–Crippen LogP) is 4.26. The van der Waals surface area contributed by atoms with Crippen molar-refractivity contribution < 1.29 is 9.59 Å². The summed E-state index contributed by atoms with van der Waals surface area (Å²) in [5.41, 5.74) is 2.04. The largest absolute Gasteiger partial charge is 0.354 e. The highest BCUT2D eigenvalue weighted by atomic mass is 35.5. The minimum atomic E-state index is -0.463. The third-order valence-corrected chi connectivity index (χ3v) is 4.94. The van der Waals surface area contributed by atoms with E-state index in [1.165, 1.54) is 0 Å². The molecule has 0 bridgehead atoms. The second-order valence-corrected chi connectivity index (χ2v) is 7.28. The van der Waals surface area contributed by atoms with Gasteiger partial charge in [0, 0.05) is 18.1 Å². The van der Waals surface area contributed by atoms with Gasteiger partial charge in [0.2, 0.25) is 11.8 Å². The topological polar surface area (TPSA) is 49.4 Å². The first-order chi connectivity index (χ1) is 13.5. The van der Waals surface area contributed by atoms with Gasteiger partial charge in [0.15, 0.2) is 0 Å². The molecule has 1 atom stereocenters. The first kappa shape index (κ1) is 22.0. The number of halogens is 1. The van der Waals surface area contributed by atoms with Crippen LogP contribution in [0.3, 0.4) is 0 Å². The predicted molar refractivity (Wildman–Crippen MR) is 114 cm³/mol. The highest BCUT2D eigenvalue weighted by Gasteiger charge is 2.28. The van der Waals surface area contributed by atoms with Gasteiger partial charge in [0.05, 0.1) is 6.42 Å². The Morgan fingerprint density at radius 1 is 1.00 bits per heavy atom. The number of nitrogens with one attached hydrogen (secondary N) is 1. The van der Waals surface area contributed by atoms with Gasteiger partial charge in [-0.05, 0) is 42.5 Å². The van der Waals surface area contributed by atoms with Gasteiger partial charge in [-0.15, -0.1) is 0 Å². The lowest BCUT2D eigenvalue weighted by Gasteiger charge is -2.30. The monoisotopic (exact) mass is 400 g/mol. The van der Waals surface area contributed by atoms with Gasteiger partial charge >= 0.3 is 0 Å². The smallest absolute Gasteiger partial charge is 0.242 e. The summed E-state index contributed by atoms with van der Waals surface area (Å²) in [5, 5.41) is 3.58. The Balaban J connectivity index is 2.16. The third-order valence-electron chi connectivity index (χ3n) is 4.69. The number of benzene rings is 2. The van der Waals surface area contributed by atoms with Crippen LogP contribution in [-0.4, -0.2) is 35.8 Å². The van der Waals surface area contributed by atoms with Crippen LogP contribution < -0.4 is 5.32 Å². The molecule has 1 unspecified atom stereocenters. The van der Waals surface area contributed by atoms with Crippen LogP contribution in [0.5, 0.6) is 0 Å². The van der Waals surface area contributed by atoms with Gasteiger partial charge in [0.25, 0.3) is 0 Å². The number of hydrogen-bond donors (Lipinski definition) is 1. The molecule has 2 amide bonds. The maximum absolute atomic E-state index is 13.1. The second-order valence-electron chi connectivity index (χ2n) is 6.84. The lowest BCUT2D eigenvalue weighted by Crippen LogP contribution is -2.50. The van der Waals surface area contributed by atoms with Gasteiger partial charge in [-0.25, -0.2) is 0 Å². The van der Waals surface area contributed by atoms with E-state index in [0.29, 0.717) is 31.0 Å². The SMILES string of the molecule is CCCNC(=O)C(CC)N(CCc1ccccc1)C(=O)Cc1ccc(Cl)cc1. The molecule has 0 saturated carbocycles. The molecular weight excluding hydrogens is 372 g/mol. The number of carbonyl (C=O) groups excluding carboxylic acids is 2. The molecule has 0 aliphatic carbocycles. The summed E-state index contributed by atoms with van der Waals surface area (Å²) in [5.74, 6) is -0.126. The van der Waals surface area contributed by atoms with Gasteiger partial charge in [0.1, 0.15) is 6.04 Å². The van der Waals surface area contributed by atoms with E-state index < -0.39 is 6.04 Å². The van der Waals surface area contributed by atoms with Crippen LogP contribution in [0, 0.1) is 0 Å². The van der Waals surface area contributed by atoms with E-state index in [1.54, 1.807) is 17.0 Å². The van der Waals surface area contributed by atoms with Crippen LogP contribution >= 0.6 is 11.6 Å². The van der Waals surface area contributed by atoms with Crippen molar-refractivity contribution in [1.82, 2.24) is 10.2 Å². The van der Waals surface area contributed by atoms with Crippen LogP contribution in [0.15, 0.2) is 54.6 Å². The maximum atomic E-state index is 13.1. The molecule has 0 fully saturated rings.